The van der Waals surface area contributed by atoms with Crippen LogP contribution in [0.2, 0.25) is 5.02 Å². The highest BCUT2D eigenvalue weighted by molar-refractivity contribution is 6.30. The molecule has 3 saturated heterocycles. The molecule has 36 heavy (non-hydrogen) atoms. The zero-order valence-corrected chi connectivity index (χ0v) is 21.4. The fourth-order valence-electron chi connectivity index (χ4n) is 6.22. The number of benzene rings is 1. The van der Waals surface area contributed by atoms with Gasteiger partial charge >= 0.3 is 0 Å². The molecule has 0 unspecified atom stereocenters. The first-order valence-electron chi connectivity index (χ1n) is 12.6. The molecule has 4 aliphatic rings. The van der Waals surface area contributed by atoms with Gasteiger partial charge in [-0.1, -0.05) is 11.6 Å². The van der Waals surface area contributed by atoms with Crippen molar-refractivity contribution < 1.29 is 9.47 Å². The van der Waals surface area contributed by atoms with Crippen LogP contribution in [-0.4, -0.2) is 77.2 Å². The summed E-state index contributed by atoms with van der Waals surface area (Å²) in [5.74, 6) is 3.68. The number of aryl methyl sites for hydroxylation is 1. The maximum atomic E-state index is 6.43. The van der Waals surface area contributed by atoms with Gasteiger partial charge in [0.1, 0.15) is 0 Å². The van der Waals surface area contributed by atoms with Crippen molar-refractivity contribution in [2.45, 2.75) is 32.5 Å². The number of hydrogen-bond acceptors (Lipinski definition) is 8. The third kappa shape index (κ3) is 3.55. The first-order chi connectivity index (χ1) is 17.5. The van der Waals surface area contributed by atoms with Crippen LogP contribution >= 0.6 is 11.6 Å². The predicted octanol–water partition coefficient (Wildman–Crippen LogP) is 3.06. The number of pyridine rings is 1. The van der Waals surface area contributed by atoms with Gasteiger partial charge in [-0.2, -0.15) is 0 Å². The number of aromatic nitrogens is 4. The van der Waals surface area contributed by atoms with Gasteiger partial charge in [0.2, 0.25) is 5.95 Å². The van der Waals surface area contributed by atoms with Gasteiger partial charge in [-0.15, -0.1) is 10.2 Å². The van der Waals surface area contributed by atoms with E-state index >= 15 is 0 Å². The minimum absolute atomic E-state index is 0.254. The Hall–Kier alpha value is -2.88. The summed E-state index contributed by atoms with van der Waals surface area (Å²) in [6, 6.07) is 10.6. The van der Waals surface area contributed by atoms with Crippen LogP contribution in [0.5, 0.6) is 5.75 Å². The van der Waals surface area contributed by atoms with E-state index in [1.165, 1.54) is 5.56 Å². The summed E-state index contributed by atoms with van der Waals surface area (Å²) in [5, 5.41) is 10.1. The lowest BCUT2D eigenvalue weighted by Gasteiger charge is -2.60. The Morgan fingerprint density at radius 3 is 2.67 bits per heavy atom. The Bertz CT molecular complexity index is 1310. The highest BCUT2D eigenvalue weighted by atomic mass is 35.5. The van der Waals surface area contributed by atoms with Crippen LogP contribution < -0.4 is 14.5 Å². The minimum atomic E-state index is 0.254. The van der Waals surface area contributed by atoms with Gasteiger partial charge in [-0.3, -0.25) is 9.47 Å². The van der Waals surface area contributed by atoms with Crippen molar-refractivity contribution in [3.8, 4) is 11.4 Å². The molecule has 0 bridgehead atoms. The van der Waals surface area contributed by atoms with Gasteiger partial charge in [-0.25, -0.2) is 4.98 Å². The van der Waals surface area contributed by atoms with E-state index in [4.69, 9.17) is 26.1 Å². The minimum Gasteiger partial charge on any atom is -0.493 e. The molecular weight excluding hydrogens is 478 g/mol. The molecule has 0 radical (unpaired) electrons. The quantitative estimate of drug-likeness (QED) is 0.533. The summed E-state index contributed by atoms with van der Waals surface area (Å²) < 4.78 is 13.5. The Kier molecular flexibility index (Phi) is 5.16. The molecule has 3 fully saturated rings. The summed E-state index contributed by atoms with van der Waals surface area (Å²) in [4.78, 5) is 11.9. The van der Waals surface area contributed by atoms with E-state index in [-0.39, 0.29) is 5.41 Å². The summed E-state index contributed by atoms with van der Waals surface area (Å²) in [6.45, 7) is 9.04. The van der Waals surface area contributed by atoms with Crippen molar-refractivity contribution in [3.63, 3.8) is 0 Å². The van der Waals surface area contributed by atoms with E-state index in [1.807, 2.05) is 25.1 Å². The molecule has 0 N–H and O–H groups in total. The second-order valence-electron chi connectivity index (χ2n) is 10.6. The smallest absolute Gasteiger partial charge is 0.231 e. The molecule has 7 rings (SSSR count). The molecular formula is C26H30ClN7O2. The molecule has 6 heterocycles. The maximum Gasteiger partial charge on any atom is 0.231 e. The number of nitrogens with zero attached hydrogens (tertiary/aromatic N) is 7. The molecule has 4 aliphatic heterocycles. The second kappa shape index (κ2) is 8.33. The van der Waals surface area contributed by atoms with Crippen LogP contribution in [0.15, 0.2) is 30.3 Å². The molecule has 2 aromatic heterocycles. The van der Waals surface area contributed by atoms with E-state index in [0.717, 1.165) is 98.6 Å². The molecule has 1 spiro atoms. The van der Waals surface area contributed by atoms with E-state index in [2.05, 4.69) is 41.6 Å². The lowest BCUT2D eigenvalue weighted by molar-refractivity contribution is 0.133. The van der Waals surface area contributed by atoms with Crippen LogP contribution in [0, 0.1) is 12.3 Å². The first-order valence-corrected chi connectivity index (χ1v) is 13.0. The van der Waals surface area contributed by atoms with Crippen molar-refractivity contribution in [1.29, 1.82) is 0 Å². The molecule has 9 nitrogen and oxygen atoms in total. The average molecular weight is 508 g/mol. The van der Waals surface area contributed by atoms with E-state index < -0.39 is 0 Å². The molecule has 10 heteroatoms. The topological polar surface area (TPSA) is 71.8 Å². The normalized spacial score (nSPS) is 22.6. The van der Waals surface area contributed by atoms with Crippen molar-refractivity contribution in [1.82, 2.24) is 24.6 Å². The zero-order chi connectivity index (χ0) is 24.4. The Morgan fingerprint density at radius 1 is 1.06 bits per heavy atom. The number of fused-ring (bicyclic) bond motifs is 3. The fourth-order valence-corrected chi connectivity index (χ4v) is 6.41. The number of halogens is 1. The molecule has 1 atom stereocenters. The van der Waals surface area contributed by atoms with Gasteiger partial charge in [-0.05, 0) is 49.2 Å². The summed E-state index contributed by atoms with van der Waals surface area (Å²) in [6.07, 6.45) is 1.04. The maximum absolute atomic E-state index is 6.43. The van der Waals surface area contributed by atoms with Crippen molar-refractivity contribution in [2.75, 3.05) is 56.3 Å². The molecule has 0 aliphatic carbocycles. The average Bonchev–Trinajstić information content (AvgIpc) is 3.45. The summed E-state index contributed by atoms with van der Waals surface area (Å²) in [5.41, 5.74) is 3.59. The lowest BCUT2D eigenvalue weighted by atomic mass is 9.73. The lowest BCUT2D eigenvalue weighted by Crippen LogP contribution is -2.73. The SMILES string of the molecule is COc1ccc(C)nc1N1CC2(C1)CN(c1nnc3n1-c1ccc(Cl)cc1CN([C@@H]1CCOC1)C3)C2. The standard InChI is InChI=1S/C26H30ClN7O2/c1-17-3-6-22(35-2)24(28-17)32-13-26(14-32)15-33(16-26)25-30-29-23-11-31(20-7-8-36-12-20)10-18-9-19(27)4-5-21(18)34(23)25/h3-6,9,20H,7-8,10-16H2,1-2H3/t20-/m1/s1. The Labute approximate surface area is 215 Å². The van der Waals surface area contributed by atoms with Crippen molar-refractivity contribution in [3.05, 3.63) is 52.4 Å². The highest BCUT2D eigenvalue weighted by Crippen LogP contribution is 2.45. The molecule has 188 valence electrons. The Balaban J connectivity index is 1.13. The third-order valence-corrected chi connectivity index (χ3v) is 8.26. The van der Waals surface area contributed by atoms with Crippen LogP contribution in [0.1, 0.15) is 23.5 Å². The van der Waals surface area contributed by atoms with Crippen LogP contribution in [0.3, 0.4) is 0 Å². The molecule has 0 saturated carbocycles. The number of ether oxygens (including phenoxy) is 2. The fraction of sp³-hybridized carbons (Fsp3) is 0.500. The van der Waals surface area contributed by atoms with Gasteiger partial charge in [0.15, 0.2) is 17.4 Å². The molecule has 3 aromatic rings. The van der Waals surface area contributed by atoms with E-state index in [1.54, 1.807) is 7.11 Å². The second-order valence-corrected chi connectivity index (χ2v) is 11.1. The first kappa shape index (κ1) is 22.3. The number of rotatable bonds is 4. The Morgan fingerprint density at radius 2 is 1.89 bits per heavy atom. The van der Waals surface area contributed by atoms with E-state index in [0.29, 0.717) is 6.04 Å². The monoisotopic (exact) mass is 507 g/mol. The largest absolute Gasteiger partial charge is 0.493 e. The van der Waals surface area contributed by atoms with Crippen molar-refractivity contribution >= 4 is 23.4 Å². The molecule has 0 amide bonds. The third-order valence-electron chi connectivity index (χ3n) is 8.02. The van der Waals surface area contributed by atoms with Crippen LogP contribution in [0.4, 0.5) is 11.8 Å². The van der Waals surface area contributed by atoms with Gasteiger partial charge < -0.3 is 19.3 Å². The molecule has 1 aromatic carbocycles. The van der Waals surface area contributed by atoms with Gasteiger partial charge in [0.05, 0.1) is 25.9 Å². The van der Waals surface area contributed by atoms with Gasteiger partial charge in [0.25, 0.3) is 0 Å². The van der Waals surface area contributed by atoms with Crippen molar-refractivity contribution in [2.24, 2.45) is 5.41 Å². The number of hydrogen-bond donors (Lipinski definition) is 0. The van der Waals surface area contributed by atoms with E-state index in [9.17, 15) is 0 Å². The summed E-state index contributed by atoms with van der Waals surface area (Å²) >= 11 is 6.43. The number of methoxy groups -OCH3 is 1. The number of anilines is 2. The zero-order valence-electron chi connectivity index (χ0n) is 20.7. The van der Waals surface area contributed by atoms with Gasteiger partial charge in [0, 0.05) is 61.5 Å². The van der Waals surface area contributed by atoms with Crippen LogP contribution in [0.25, 0.3) is 5.69 Å². The predicted molar refractivity (Wildman–Crippen MR) is 137 cm³/mol. The highest BCUT2D eigenvalue weighted by Gasteiger charge is 2.54. The summed E-state index contributed by atoms with van der Waals surface area (Å²) in [7, 11) is 1.71. The van der Waals surface area contributed by atoms with Crippen LogP contribution in [-0.2, 0) is 17.8 Å².